The van der Waals surface area contributed by atoms with E-state index in [9.17, 15) is 10.2 Å². The summed E-state index contributed by atoms with van der Waals surface area (Å²) in [6.07, 6.45) is 3.90. The molecule has 0 saturated heterocycles. The molecule has 0 fully saturated rings. The summed E-state index contributed by atoms with van der Waals surface area (Å²) in [5.41, 5.74) is 4.51. The van der Waals surface area contributed by atoms with E-state index in [1.165, 1.54) is 4.70 Å². The van der Waals surface area contributed by atoms with E-state index in [0.717, 1.165) is 28.2 Å². The van der Waals surface area contributed by atoms with Crippen LogP contribution in [0.2, 0.25) is 0 Å². The summed E-state index contributed by atoms with van der Waals surface area (Å²) in [5.74, 6) is 0.0442. The number of aliphatic imine (C=N–C) groups is 1. The summed E-state index contributed by atoms with van der Waals surface area (Å²) in [4.78, 5) is 13.2. The van der Waals surface area contributed by atoms with Crippen molar-refractivity contribution in [1.29, 1.82) is 0 Å². The summed E-state index contributed by atoms with van der Waals surface area (Å²) in [6, 6.07) is 16.1. The van der Waals surface area contributed by atoms with E-state index >= 15 is 0 Å². The van der Waals surface area contributed by atoms with Crippen molar-refractivity contribution < 1.29 is 10.2 Å². The molecule has 2 heterocycles. The molecule has 4 rings (SSSR count). The zero-order valence-corrected chi connectivity index (χ0v) is 16.1. The van der Waals surface area contributed by atoms with E-state index in [0.29, 0.717) is 16.8 Å². The molecule has 0 spiro atoms. The van der Waals surface area contributed by atoms with E-state index in [2.05, 4.69) is 21.0 Å². The van der Waals surface area contributed by atoms with Gasteiger partial charge >= 0.3 is 0 Å². The van der Waals surface area contributed by atoms with Gasteiger partial charge in [-0.15, -0.1) is 11.3 Å². The summed E-state index contributed by atoms with van der Waals surface area (Å²) in [7, 11) is 0. The highest BCUT2D eigenvalue weighted by atomic mass is 32.1. The molecule has 0 atom stereocenters. The molecule has 0 saturated carbocycles. The van der Waals surface area contributed by atoms with Gasteiger partial charge in [0.1, 0.15) is 5.75 Å². The number of nitrogens with zero attached hydrogens (tertiary/aromatic N) is 3. The molecule has 2 N–H and O–H groups in total. The molecule has 0 radical (unpaired) electrons. The largest absolute Gasteiger partial charge is 0.505 e. The fraction of sp³-hybridized carbons (Fsp3) is 0.136. The van der Waals surface area contributed by atoms with Crippen molar-refractivity contribution in [3.8, 4) is 5.75 Å². The van der Waals surface area contributed by atoms with Gasteiger partial charge in [-0.2, -0.15) is 0 Å². The molecule has 0 aliphatic heterocycles. The van der Waals surface area contributed by atoms with Crippen molar-refractivity contribution in [2.45, 2.75) is 20.0 Å². The van der Waals surface area contributed by atoms with Gasteiger partial charge in [-0.3, -0.25) is 9.98 Å². The number of benzene rings is 2. The lowest BCUT2D eigenvalue weighted by Crippen LogP contribution is -1.97. The van der Waals surface area contributed by atoms with E-state index in [4.69, 9.17) is 0 Å². The number of fused-ring (bicyclic) bond motifs is 1. The average Bonchev–Trinajstić information content (AvgIpc) is 3.12. The smallest absolute Gasteiger partial charge is 0.145 e. The average molecular weight is 389 g/mol. The van der Waals surface area contributed by atoms with Crippen LogP contribution in [0, 0.1) is 6.92 Å². The first-order chi connectivity index (χ1) is 13.6. The maximum atomic E-state index is 10.2. The Morgan fingerprint density at radius 1 is 1.11 bits per heavy atom. The minimum atomic E-state index is -0.205. The number of hydrogen-bond donors (Lipinski definition) is 2. The number of thiazole rings is 1. The van der Waals surface area contributed by atoms with Crippen LogP contribution in [0.25, 0.3) is 10.2 Å². The van der Waals surface area contributed by atoms with Gasteiger partial charge in [0.25, 0.3) is 0 Å². The van der Waals surface area contributed by atoms with Gasteiger partial charge in [0, 0.05) is 30.0 Å². The SMILES string of the molecule is Cc1ncc(CO)c(C=Nc2ccc(Cc3nc4ccccc4s3)cc2)c1O. The zero-order valence-electron chi connectivity index (χ0n) is 15.3. The highest BCUT2D eigenvalue weighted by Crippen LogP contribution is 2.25. The van der Waals surface area contributed by atoms with E-state index < -0.39 is 0 Å². The number of aromatic nitrogens is 2. The molecule has 6 heteroatoms. The number of aliphatic hydroxyl groups is 1. The van der Waals surface area contributed by atoms with Gasteiger partial charge in [-0.05, 0) is 36.8 Å². The van der Waals surface area contributed by atoms with Crippen molar-refractivity contribution >= 4 is 33.5 Å². The summed E-state index contributed by atoms with van der Waals surface area (Å²) in [6.45, 7) is 1.51. The van der Waals surface area contributed by atoms with Crippen molar-refractivity contribution in [1.82, 2.24) is 9.97 Å². The Hall–Kier alpha value is -3.09. The number of para-hydroxylation sites is 1. The molecule has 0 amide bonds. The van der Waals surface area contributed by atoms with Gasteiger partial charge in [0.2, 0.25) is 0 Å². The van der Waals surface area contributed by atoms with Crippen LogP contribution in [0.3, 0.4) is 0 Å². The van der Waals surface area contributed by atoms with Gasteiger partial charge in [0.15, 0.2) is 0 Å². The summed E-state index contributed by atoms with van der Waals surface area (Å²) < 4.78 is 1.20. The van der Waals surface area contributed by atoms with Crippen molar-refractivity contribution in [3.05, 3.63) is 82.1 Å². The number of aromatic hydroxyl groups is 1. The fourth-order valence-corrected chi connectivity index (χ4v) is 3.93. The van der Waals surface area contributed by atoms with Crippen LogP contribution in [0.1, 0.15) is 27.4 Å². The molecular formula is C22H19N3O2S. The van der Waals surface area contributed by atoms with Crippen molar-refractivity contribution in [3.63, 3.8) is 0 Å². The second kappa shape index (κ2) is 7.88. The third-order valence-electron chi connectivity index (χ3n) is 4.50. The molecule has 0 unspecified atom stereocenters. The Bertz CT molecular complexity index is 1120. The minimum Gasteiger partial charge on any atom is -0.505 e. The fourth-order valence-electron chi connectivity index (χ4n) is 2.93. The first-order valence-corrected chi connectivity index (χ1v) is 9.71. The zero-order chi connectivity index (χ0) is 19.5. The number of aryl methyl sites for hydroxylation is 1. The van der Waals surface area contributed by atoms with Crippen LogP contribution in [0.15, 0.2) is 59.7 Å². The highest BCUT2D eigenvalue weighted by Gasteiger charge is 2.09. The lowest BCUT2D eigenvalue weighted by Gasteiger charge is -2.07. The quantitative estimate of drug-likeness (QED) is 0.491. The maximum Gasteiger partial charge on any atom is 0.145 e. The van der Waals surface area contributed by atoms with Crippen LogP contribution < -0.4 is 0 Å². The van der Waals surface area contributed by atoms with Gasteiger partial charge in [-0.1, -0.05) is 24.3 Å². The van der Waals surface area contributed by atoms with Crippen LogP contribution in [-0.4, -0.2) is 26.4 Å². The molecule has 0 bridgehead atoms. The molecule has 0 aliphatic carbocycles. The summed E-state index contributed by atoms with van der Waals surface area (Å²) >= 11 is 1.71. The lowest BCUT2D eigenvalue weighted by molar-refractivity contribution is 0.280. The first kappa shape index (κ1) is 18.3. The Kier molecular flexibility index (Phi) is 5.14. The number of pyridine rings is 1. The minimum absolute atomic E-state index is 0.0442. The molecular weight excluding hydrogens is 370 g/mol. The second-order valence-electron chi connectivity index (χ2n) is 6.47. The lowest BCUT2D eigenvalue weighted by atomic mass is 10.1. The Labute approximate surface area is 166 Å². The Balaban J connectivity index is 1.52. The maximum absolute atomic E-state index is 10.2. The molecule has 2 aromatic carbocycles. The number of aliphatic hydroxyl groups excluding tert-OH is 1. The predicted octanol–water partition coefficient (Wildman–Crippen LogP) is 4.54. The van der Waals surface area contributed by atoms with E-state index in [1.807, 2.05) is 42.5 Å². The monoisotopic (exact) mass is 389 g/mol. The molecule has 5 nitrogen and oxygen atoms in total. The topological polar surface area (TPSA) is 78.6 Å². The van der Waals surface area contributed by atoms with Crippen LogP contribution in [0.4, 0.5) is 5.69 Å². The normalized spacial score (nSPS) is 11.5. The molecule has 4 aromatic rings. The van der Waals surface area contributed by atoms with E-state index in [1.54, 1.807) is 30.7 Å². The van der Waals surface area contributed by atoms with Crippen LogP contribution in [0.5, 0.6) is 5.75 Å². The molecule has 2 aromatic heterocycles. The first-order valence-electron chi connectivity index (χ1n) is 8.90. The Morgan fingerprint density at radius 2 is 1.89 bits per heavy atom. The standard InChI is InChI=1S/C22H19N3O2S/c1-14-22(27)18(16(13-26)11-23-14)12-24-17-8-6-15(7-9-17)10-21-25-19-4-2-3-5-20(19)28-21/h2-9,11-12,26-27H,10,13H2,1H3. The third-order valence-corrected chi connectivity index (χ3v) is 5.54. The van der Waals surface area contributed by atoms with Gasteiger partial charge in [0.05, 0.1) is 33.2 Å². The van der Waals surface area contributed by atoms with Crippen molar-refractivity contribution in [2.75, 3.05) is 0 Å². The van der Waals surface area contributed by atoms with Crippen molar-refractivity contribution in [2.24, 2.45) is 4.99 Å². The van der Waals surface area contributed by atoms with Gasteiger partial charge < -0.3 is 10.2 Å². The molecule has 28 heavy (non-hydrogen) atoms. The van der Waals surface area contributed by atoms with Crippen LogP contribution >= 0.6 is 11.3 Å². The highest BCUT2D eigenvalue weighted by molar-refractivity contribution is 7.18. The third kappa shape index (κ3) is 3.78. The number of rotatable bonds is 5. The molecule has 0 aliphatic rings. The van der Waals surface area contributed by atoms with E-state index in [-0.39, 0.29) is 12.4 Å². The summed E-state index contributed by atoms with van der Waals surface area (Å²) in [5, 5.41) is 20.7. The van der Waals surface area contributed by atoms with Crippen LogP contribution in [-0.2, 0) is 13.0 Å². The van der Waals surface area contributed by atoms with Gasteiger partial charge in [-0.25, -0.2) is 4.98 Å². The molecule has 140 valence electrons. The Morgan fingerprint density at radius 3 is 2.64 bits per heavy atom. The number of hydrogen-bond acceptors (Lipinski definition) is 6. The predicted molar refractivity (Wildman–Crippen MR) is 113 cm³/mol. The second-order valence-corrected chi connectivity index (χ2v) is 7.58.